The number of hydrogen-bond acceptors (Lipinski definition) is 5. The summed E-state index contributed by atoms with van der Waals surface area (Å²) in [5.74, 6) is 0.125. The van der Waals surface area contributed by atoms with Crippen molar-refractivity contribution in [2.45, 2.75) is 37.5 Å². The van der Waals surface area contributed by atoms with E-state index in [1.54, 1.807) is 25.2 Å². The van der Waals surface area contributed by atoms with Gasteiger partial charge in [0.05, 0.1) is 15.1 Å². The zero-order chi connectivity index (χ0) is 23.0. The van der Waals surface area contributed by atoms with Crippen LogP contribution in [0.15, 0.2) is 52.2 Å². The van der Waals surface area contributed by atoms with Gasteiger partial charge in [0.25, 0.3) is 0 Å². The zero-order valence-electron chi connectivity index (χ0n) is 18.4. The molecule has 3 aromatic rings. The van der Waals surface area contributed by atoms with Crippen molar-refractivity contribution in [2.24, 2.45) is 13.0 Å². The summed E-state index contributed by atoms with van der Waals surface area (Å²) in [6.07, 6.45) is 0.937. The second-order valence-electron chi connectivity index (χ2n) is 8.50. The number of carbonyl (C=O) groups is 1. The molecule has 170 valence electrons. The number of benzene rings is 2. The Balaban J connectivity index is 1.41. The van der Waals surface area contributed by atoms with E-state index in [1.165, 1.54) is 14.4 Å². The third-order valence-electron chi connectivity index (χ3n) is 6.07. The molecule has 1 N–H and O–H groups in total. The van der Waals surface area contributed by atoms with Crippen LogP contribution in [0.5, 0.6) is 0 Å². The van der Waals surface area contributed by atoms with Gasteiger partial charge in [-0.2, -0.15) is 4.31 Å². The van der Waals surface area contributed by atoms with Gasteiger partial charge in [0, 0.05) is 31.7 Å². The van der Waals surface area contributed by atoms with Gasteiger partial charge in [-0.1, -0.05) is 37.3 Å². The molecule has 1 amide bonds. The maximum Gasteiger partial charge on any atom is 0.307 e. The van der Waals surface area contributed by atoms with E-state index in [9.17, 15) is 18.0 Å². The summed E-state index contributed by atoms with van der Waals surface area (Å²) in [6, 6.07) is 12.6. The first kappa shape index (κ1) is 22.7. The van der Waals surface area contributed by atoms with E-state index in [2.05, 4.69) is 19.2 Å². The van der Waals surface area contributed by atoms with Crippen LogP contribution in [0.25, 0.3) is 10.2 Å². The van der Waals surface area contributed by atoms with Crippen molar-refractivity contribution in [1.82, 2.24) is 8.87 Å². The molecule has 32 heavy (non-hydrogen) atoms. The van der Waals surface area contributed by atoms with Crippen molar-refractivity contribution in [1.29, 1.82) is 0 Å². The zero-order valence-corrected chi connectivity index (χ0v) is 20.0. The molecule has 0 saturated carbocycles. The molecule has 2 heterocycles. The van der Waals surface area contributed by atoms with E-state index in [0.29, 0.717) is 23.5 Å². The van der Waals surface area contributed by atoms with E-state index in [1.807, 2.05) is 24.3 Å². The summed E-state index contributed by atoms with van der Waals surface area (Å²) in [5, 5.41) is 2.95. The molecule has 1 aromatic heterocycles. The van der Waals surface area contributed by atoms with Gasteiger partial charge in [0.1, 0.15) is 0 Å². The first-order valence-corrected chi connectivity index (χ1v) is 12.9. The first-order valence-electron chi connectivity index (χ1n) is 10.7. The van der Waals surface area contributed by atoms with Gasteiger partial charge in [-0.3, -0.25) is 9.59 Å². The lowest BCUT2D eigenvalue weighted by Gasteiger charge is -2.30. The highest BCUT2D eigenvalue weighted by molar-refractivity contribution is 7.89. The third kappa shape index (κ3) is 4.37. The number of rotatable bonds is 5. The molecule has 1 aliphatic rings. The Labute approximate surface area is 191 Å². The topological polar surface area (TPSA) is 88.5 Å². The maximum atomic E-state index is 13.1. The molecule has 2 aromatic carbocycles. The Bertz CT molecular complexity index is 1300. The number of aryl methyl sites for hydroxylation is 1. The van der Waals surface area contributed by atoms with Crippen LogP contribution in [-0.2, 0) is 21.9 Å². The lowest BCUT2D eigenvalue weighted by molar-refractivity contribution is -0.120. The average Bonchev–Trinajstić information content (AvgIpc) is 3.07. The largest absolute Gasteiger partial charge is 0.326 e. The van der Waals surface area contributed by atoms with Crippen LogP contribution in [0.2, 0.25) is 0 Å². The summed E-state index contributed by atoms with van der Waals surface area (Å²) in [5.41, 5.74) is 2.68. The van der Waals surface area contributed by atoms with Gasteiger partial charge in [0.15, 0.2) is 0 Å². The van der Waals surface area contributed by atoms with Crippen LogP contribution in [0.3, 0.4) is 0 Å². The number of carbonyl (C=O) groups excluding carboxylic acids is 1. The minimum atomic E-state index is -3.68. The van der Waals surface area contributed by atoms with E-state index in [4.69, 9.17) is 0 Å². The number of nitrogens with zero attached hydrogens (tertiary/aromatic N) is 2. The molecule has 0 bridgehead atoms. The quantitative estimate of drug-likeness (QED) is 0.611. The average molecular weight is 474 g/mol. The van der Waals surface area contributed by atoms with Crippen LogP contribution in [-0.4, -0.2) is 36.3 Å². The number of fused-ring (bicyclic) bond motifs is 1. The van der Waals surface area contributed by atoms with Crippen molar-refractivity contribution >= 4 is 43.2 Å². The number of thiazole rings is 1. The lowest BCUT2D eigenvalue weighted by Crippen LogP contribution is -2.41. The molecule has 0 radical (unpaired) electrons. The van der Waals surface area contributed by atoms with E-state index in [0.717, 1.165) is 22.5 Å². The fourth-order valence-electron chi connectivity index (χ4n) is 3.98. The van der Waals surface area contributed by atoms with Crippen molar-refractivity contribution in [2.75, 3.05) is 18.4 Å². The minimum Gasteiger partial charge on any atom is -0.326 e. The molecule has 0 unspecified atom stereocenters. The molecule has 4 rings (SSSR count). The van der Waals surface area contributed by atoms with Crippen LogP contribution >= 0.6 is 11.3 Å². The summed E-state index contributed by atoms with van der Waals surface area (Å²) in [7, 11) is -2.01. The second-order valence-corrected chi connectivity index (χ2v) is 11.4. The predicted molar refractivity (Wildman–Crippen MR) is 128 cm³/mol. The Kier molecular flexibility index (Phi) is 6.24. The summed E-state index contributed by atoms with van der Waals surface area (Å²) >= 11 is 1.03. The number of aromatic nitrogens is 1. The molecule has 0 atom stereocenters. The fourth-order valence-corrected chi connectivity index (χ4v) is 6.47. The highest BCUT2D eigenvalue weighted by Crippen LogP contribution is 2.28. The van der Waals surface area contributed by atoms with E-state index >= 15 is 0 Å². The number of piperidine rings is 1. The molecule has 0 aliphatic carbocycles. The molecule has 1 aliphatic heterocycles. The molecular weight excluding hydrogens is 446 g/mol. The molecule has 7 nitrogen and oxygen atoms in total. The maximum absolute atomic E-state index is 13.1. The summed E-state index contributed by atoms with van der Waals surface area (Å²) in [6.45, 7) is 4.82. The Morgan fingerprint density at radius 1 is 1.09 bits per heavy atom. The van der Waals surface area contributed by atoms with Crippen LogP contribution in [0.1, 0.15) is 38.2 Å². The molecule has 1 fully saturated rings. The van der Waals surface area contributed by atoms with Crippen molar-refractivity contribution in [3.63, 3.8) is 0 Å². The number of nitrogens with one attached hydrogen (secondary N) is 1. The first-order chi connectivity index (χ1) is 15.2. The van der Waals surface area contributed by atoms with E-state index in [-0.39, 0.29) is 34.7 Å². The number of amides is 1. The highest BCUT2D eigenvalue weighted by atomic mass is 32.2. The van der Waals surface area contributed by atoms with Gasteiger partial charge in [-0.15, -0.1) is 0 Å². The number of sulfonamides is 1. The Morgan fingerprint density at radius 3 is 2.38 bits per heavy atom. The Hall–Kier alpha value is -2.49. The molecule has 1 saturated heterocycles. The normalized spacial score (nSPS) is 16.0. The highest BCUT2D eigenvalue weighted by Gasteiger charge is 2.32. The summed E-state index contributed by atoms with van der Waals surface area (Å²) < 4.78 is 29.8. The van der Waals surface area contributed by atoms with Crippen LogP contribution in [0.4, 0.5) is 5.69 Å². The Morgan fingerprint density at radius 2 is 1.75 bits per heavy atom. The van der Waals surface area contributed by atoms with Gasteiger partial charge < -0.3 is 9.88 Å². The SMILES string of the molecule is CC(C)c1ccc(NC(=O)C2CCN(S(=O)(=O)c3ccc4c(c3)sc(=O)n4C)CC2)cc1. The smallest absolute Gasteiger partial charge is 0.307 e. The predicted octanol–water partition coefficient (Wildman–Crippen LogP) is 3.76. The van der Waals surface area contributed by atoms with Gasteiger partial charge in [-0.05, 0) is 54.7 Å². The number of anilines is 1. The molecular formula is C23H27N3O4S2. The number of hydrogen-bond donors (Lipinski definition) is 1. The van der Waals surface area contributed by atoms with Crippen molar-refractivity contribution in [3.8, 4) is 0 Å². The van der Waals surface area contributed by atoms with Gasteiger partial charge in [0.2, 0.25) is 15.9 Å². The van der Waals surface area contributed by atoms with Gasteiger partial charge in [-0.25, -0.2) is 8.42 Å². The molecule has 0 spiro atoms. The fraction of sp³-hybridized carbons (Fsp3) is 0.391. The molecule has 9 heteroatoms. The van der Waals surface area contributed by atoms with Crippen LogP contribution in [0, 0.1) is 5.92 Å². The lowest BCUT2D eigenvalue weighted by atomic mass is 9.97. The van der Waals surface area contributed by atoms with Crippen molar-refractivity contribution in [3.05, 3.63) is 57.7 Å². The standard InChI is InChI=1S/C23H27N3O4S2/c1-15(2)16-4-6-18(7-5-16)24-22(27)17-10-12-26(13-11-17)32(29,30)19-8-9-20-21(14-19)31-23(28)25(20)3/h4-9,14-15,17H,10-13H2,1-3H3,(H,24,27). The third-order valence-corrected chi connectivity index (χ3v) is 8.96. The van der Waals surface area contributed by atoms with Crippen molar-refractivity contribution < 1.29 is 13.2 Å². The summed E-state index contributed by atoms with van der Waals surface area (Å²) in [4.78, 5) is 24.6. The van der Waals surface area contributed by atoms with Gasteiger partial charge >= 0.3 is 4.87 Å². The second kappa shape index (κ2) is 8.80. The monoisotopic (exact) mass is 473 g/mol. The minimum absolute atomic E-state index is 0.0742. The van der Waals surface area contributed by atoms with Crippen LogP contribution < -0.4 is 10.2 Å². The van der Waals surface area contributed by atoms with E-state index < -0.39 is 10.0 Å².